The summed E-state index contributed by atoms with van der Waals surface area (Å²) in [5.74, 6) is 0.290. The lowest BCUT2D eigenvalue weighted by Crippen LogP contribution is -2.51. The summed E-state index contributed by atoms with van der Waals surface area (Å²) >= 11 is 0. The molecule has 0 radical (unpaired) electrons. The fourth-order valence-electron chi connectivity index (χ4n) is 1.53. The summed E-state index contributed by atoms with van der Waals surface area (Å²) in [6, 6.07) is 3.41. The number of aromatic nitrogens is 1. The van der Waals surface area contributed by atoms with Crippen LogP contribution in [-0.4, -0.2) is 40.6 Å². The van der Waals surface area contributed by atoms with Crippen LogP contribution in [-0.2, 0) is 0 Å². The first-order valence-electron chi connectivity index (χ1n) is 4.61. The van der Waals surface area contributed by atoms with Crippen LogP contribution in [0, 0.1) is 5.92 Å². The number of nitrogens with zero attached hydrogens (tertiary/aromatic N) is 2. The van der Waals surface area contributed by atoms with E-state index in [-0.39, 0.29) is 18.4 Å². The van der Waals surface area contributed by atoms with Crippen LogP contribution >= 0.6 is 0 Å². The van der Waals surface area contributed by atoms with Crippen molar-refractivity contribution in [2.45, 2.75) is 0 Å². The molecular formula is C10H12N2O2. The number of aliphatic hydroxyl groups is 1. The zero-order valence-electron chi connectivity index (χ0n) is 7.76. The number of rotatable bonds is 2. The highest BCUT2D eigenvalue weighted by molar-refractivity contribution is 5.94. The maximum Gasteiger partial charge on any atom is 0.253 e. The Bertz CT molecular complexity index is 320. The molecule has 0 aromatic carbocycles. The zero-order valence-corrected chi connectivity index (χ0v) is 7.76. The summed E-state index contributed by atoms with van der Waals surface area (Å²) in [4.78, 5) is 17.3. The van der Waals surface area contributed by atoms with E-state index in [1.54, 1.807) is 29.4 Å². The maximum atomic E-state index is 11.7. The smallest absolute Gasteiger partial charge is 0.253 e. The van der Waals surface area contributed by atoms with Crippen LogP contribution in [0.25, 0.3) is 0 Å². The largest absolute Gasteiger partial charge is 0.396 e. The Labute approximate surface area is 82.2 Å². The molecule has 0 aliphatic carbocycles. The highest BCUT2D eigenvalue weighted by Gasteiger charge is 2.30. The molecule has 1 saturated heterocycles. The molecule has 2 heterocycles. The van der Waals surface area contributed by atoms with E-state index in [9.17, 15) is 4.79 Å². The lowest BCUT2D eigenvalue weighted by Gasteiger charge is -2.38. The van der Waals surface area contributed by atoms with Gasteiger partial charge in [0.25, 0.3) is 5.91 Å². The van der Waals surface area contributed by atoms with Gasteiger partial charge in [0.05, 0.1) is 0 Å². The fourth-order valence-corrected chi connectivity index (χ4v) is 1.53. The van der Waals surface area contributed by atoms with Crippen molar-refractivity contribution >= 4 is 5.91 Å². The summed E-state index contributed by atoms with van der Waals surface area (Å²) < 4.78 is 0. The first kappa shape index (κ1) is 9.15. The average Bonchev–Trinajstić information content (AvgIpc) is 2.17. The minimum atomic E-state index is 0.0251. The Morgan fingerprint density at radius 3 is 2.71 bits per heavy atom. The lowest BCUT2D eigenvalue weighted by molar-refractivity contribution is 0.0362. The number of aliphatic hydroxyl groups excluding tert-OH is 1. The van der Waals surface area contributed by atoms with E-state index in [4.69, 9.17) is 5.11 Å². The second-order valence-corrected chi connectivity index (χ2v) is 3.49. The van der Waals surface area contributed by atoms with Crippen molar-refractivity contribution < 1.29 is 9.90 Å². The molecule has 4 heteroatoms. The second kappa shape index (κ2) is 3.75. The van der Waals surface area contributed by atoms with Crippen LogP contribution in [0.2, 0.25) is 0 Å². The zero-order chi connectivity index (χ0) is 9.97. The maximum absolute atomic E-state index is 11.7. The van der Waals surface area contributed by atoms with Gasteiger partial charge in [-0.2, -0.15) is 0 Å². The summed E-state index contributed by atoms with van der Waals surface area (Å²) in [5, 5.41) is 8.81. The molecule has 1 N–H and O–H groups in total. The van der Waals surface area contributed by atoms with Gasteiger partial charge in [0, 0.05) is 43.6 Å². The summed E-state index contributed by atoms with van der Waals surface area (Å²) in [5.41, 5.74) is 0.663. The van der Waals surface area contributed by atoms with Gasteiger partial charge in [-0.15, -0.1) is 0 Å². The van der Waals surface area contributed by atoms with Crippen molar-refractivity contribution in [2.75, 3.05) is 19.7 Å². The molecule has 1 fully saturated rings. The van der Waals surface area contributed by atoms with Crippen molar-refractivity contribution in [3.8, 4) is 0 Å². The van der Waals surface area contributed by atoms with Crippen molar-refractivity contribution in [2.24, 2.45) is 5.92 Å². The Balaban J connectivity index is 1.98. The first-order valence-corrected chi connectivity index (χ1v) is 4.61. The van der Waals surface area contributed by atoms with Gasteiger partial charge in [0.1, 0.15) is 0 Å². The molecule has 1 aromatic rings. The third kappa shape index (κ3) is 1.61. The lowest BCUT2D eigenvalue weighted by atomic mass is 10.0. The fraction of sp³-hybridized carbons (Fsp3) is 0.400. The molecule has 74 valence electrons. The van der Waals surface area contributed by atoms with E-state index >= 15 is 0 Å². The number of carbonyl (C=O) groups is 1. The minimum absolute atomic E-state index is 0.0251. The predicted octanol–water partition coefficient (Wildman–Crippen LogP) is 0.146. The molecule has 1 aliphatic rings. The van der Waals surface area contributed by atoms with Crippen LogP contribution < -0.4 is 0 Å². The van der Waals surface area contributed by atoms with Crippen molar-refractivity contribution in [1.82, 2.24) is 9.88 Å². The summed E-state index contributed by atoms with van der Waals surface area (Å²) in [6.07, 6.45) is 3.22. The third-order valence-corrected chi connectivity index (χ3v) is 2.43. The van der Waals surface area contributed by atoms with Crippen molar-refractivity contribution in [3.63, 3.8) is 0 Å². The molecule has 0 atom stereocenters. The SMILES string of the molecule is O=C(c1ccncc1)N1CC(CO)C1. The van der Waals surface area contributed by atoms with Gasteiger partial charge in [-0.1, -0.05) is 0 Å². The minimum Gasteiger partial charge on any atom is -0.396 e. The van der Waals surface area contributed by atoms with E-state index < -0.39 is 0 Å². The number of amides is 1. The van der Waals surface area contributed by atoms with Crippen molar-refractivity contribution in [1.29, 1.82) is 0 Å². The molecular weight excluding hydrogens is 180 g/mol. The molecule has 1 aromatic heterocycles. The van der Waals surface area contributed by atoms with Gasteiger partial charge in [-0.05, 0) is 12.1 Å². The van der Waals surface area contributed by atoms with Crippen molar-refractivity contribution in [3.05, 3.63) is 30.1 Å². The van der Waals surface area contributed by atoms with Crippen LogP contribution in [0.1, 0.15) is 10.4 Å². The molecule has 1 amide bonds. The molecule has 0 unspecified atom stereocenters. The molecule has 14 heavy (non-hydrogen) atoms. The van der Waals surface area contributed by atoms with Gasteiger partial charge in [-0.25, -0.2) is 0 Å². The topological polar surface area (TPSA) is 53.4 Å². The number of likely N-dealkylation sites (tertiary alicyclic amines) is 1. The van der Waals surface area contributed by atoms with Crippen LogP contribution in [0.15, 0.2) is 24.5 Å². The van der Waals surface area contributed by atoms with Gasteiger partial charge in [0.2, 0.25) is 0 Å². The van der Waals surface area contributed by atoms with Gasteiger partial charge >= 0.3 is 0 Å². The van der Waals surface area contributed by atoms with Crippen LogP contribution in [0.4, 0.5) is 0 Å². The highest BCUT2D eigenvalue weighted by Crippen LogP contribution is 2.17. The molecule has 2 rings (SSSR count). The van der Waals surface area contributed by atoms with E-state index in [0.717, 1.165) is 0 Å². The first-order chi connectivity index (χ1) is 6.81. The predicted molar refractivity (Wildman–Crippen MR) is 50.7 cm³/mol. The Morgan fingerprint density at radius 1 is 1.50 bits per heavy atom. The summed E-state index contributed by atoms with van der Waals surface area (Å²) in [7, 11) is 0. The molecule has 0 spiro atoms. The quantitative estimate of drug-likeness (QED) is 0.725. The van der Waals surface area contributed by atoms with E-state index in [1.807, 2.05) is 0 Å². The van der Waals surface area contributed by atoms with Gasteiger partial charge < -0.3 is 10.0 Å². The number of hydrogen-bond donors (Lipinski definition) is 1. The van der Waals surface area contributed by atoms with Gasteiger partial charge in [0.15, 0.2) is 0 Å². The Hall–Kier alpha value is -1.42. The third-order valence-electron chi connectivity index (χ3n) is 2.43. The Morgan fingerprint density at radius 2 is 2.14 bits per heavy atom. The van der Waals surface area contributed by atoms with E-state index in [1.165, 1.54) is 0 Å². The molecule has 0 saturated carbocycles. The normalized spacial score (nSPS) is 16.5. The molecule has 0 bridgehead atoms. The molecule has 4 nitrogen and oxygen atoms in total. The standard InChI is InChI=1S/C10H12N2O2/c13-7-8-5-12(6-8)10(14)9-1-3-11-4-2-9/h1-4,8,13H,5-7H2. The van der Waals surface area contributed by atoms with Gasteiger partial charge in [-0.3, -0.25) is 9.78 Å². The van der Waals surface area contributed by atoms with Crippen LogP contribution in [0.5, 0.6) is 0 Å². The number of carbonyl (C=O) groups excluding carboxylic acids is 1. The van der Waals surface area contributed by atoms with E-state index in [0.29, 0.717) is 18.7 Å². The average molecular weight is 192 g/mol. The monoisotopic (exact) mass is 192 g/mol. The number of pyridine rings is 1. The van der Waals surface area contributed by atoms with Crippen LogP contribution in [0.3, 0.4) is 0 Å². The van der Waals surface area contributed by atoms with E-state index in [2.05, 4.69) is 4.98 Å². The Kier molecular flexibility index (Phi) is 2.45. The number of hydrogen-bond acceptors (Lipinski definition) is 3. The molecule has 1 aliphatic heterocycles. The second-order valence-electron chi connectivity index (χ2n) is 3.49. The highest BCUT2D eigenvalue weighted by atomic mass is 16.3. The summed E-state index contributed by atoms with van der Waals surface area (Å²) in [6.45, 7) is 1.50.